The van der Waals surface area contributed by atoms with Crippen LogP contribution in [-0.4, -0.2) is 11.0 Å². The quantitative estimate of drug-likeness (QED) is 0.850. The number of thiazole rings is 1. The maximum absolute atomic E-state index is 5.79. The van der Waals surface area contributed by atoms with Gasteiger partial charge in [-0.25, -0.2) is 4.98 Å². The van der Waals surface area contributed by atoms with Crippen LogP contribution in [0.15, 0.2) is 5.38 Å². The lowest BCUT2D eigenvalue weighted by Crippen LogP contribution is -2.30. The van der Waals surface area contributed by atoms with Crippen molar-refractivity contribution in [2.45, 2.75) is 39.2 Å². The second kappa shape index (κ2) is 4.71. The van der Waals surface area contributed by atoms with Gasteiger partial charge in [0, 0.05) is 11.4 Å². The molecule has 2 rings (SSSR count). The van der Waals surface area contributed by atoms with Gasteiger partial charge >= 0.3 is 0 Å². The molecule has 1 saturated carbocycles. The van der Waals surface area contributed by atoms with Crippen LogP contribution in [0.5, 0.6) is 0 Å². The highest BCUT2D eigenvalue weighted by Crippen LogP contribution is 2.31. The third-order valence-corrected chi connectivity index (χ3v) is 4.08. The zero-order valence-electron chi connectivity index (χ0n) is 9.16. The molecule has 0 aromatic carbocycles. The number of halogens is 1. The fourth-order valence-electron chi connectivity index (χ4n) is 2.56. The van der Waals surface area contributed by atoms with Crippen LogP contribution >= 0.6 is 22.9 Å². The molecule has 1 fully saturated rings. The van der Waals surface area contributed by atoms with E-state index in [1.165, 1.54) is 19.3 Å². The largest absolute Gasteiger partial charge is 0.359 e. The van der Waals surface area contributed by atoms with Gasteiger partial charge in [0.2, 0.25) is 0 Å². The summed E-state index contributed by atoms with van der Waals surface area (Å²) in [5.74, 6) is 1.64. The number of hydrogen-bond acceptors (Lipinski definition) is 3. The van der Waals surface area contributed by atoms with Gasteiger partial charge in [0.1, 0.15) is 5.15 Å². The fourth-order valence-corrected chi connectivity index (χ4v) is 3.48. The van der Waals surface area contributed by atoms with Crippen LogP contribution in [-0.2, 0) is 0 Å². The van der Waals surface area contributed by atoms with Crippen molar-refractivity contribution in [1.82, 2.24) is 4.98 Å². The molecule has 1 aliphatic carbocycles. The van der Waals surface area contributed by atoms with Gasteiger partial charge in [-0.1, -0.05) is 25.4 Å². The zero-order chi connectivity index (χ0) is 10.8. The summed E-state index contributed by atoms with van der Waals surface area (Å²) in [6, 6.07) is 0.575. The van der Waals surface area contributed by atoms with E-state index >= 15 is 0 Å². The van der Waals surface area contributed by atoms with E-state index in [-0.39, 0.29) is 0 Å². The van der Waals surface area contributed by atoms with Gasteiger partial charge in [-0.15, -0.1) is 11.3 Å². The molecule has 1 aromatic heterocycles. The molecular formula is C11H17ClN2S. The third-order valence-electron chi connectivity index (χ3n) is 2.98. The van der Waals surface area contributed by atoms with Crippen molar-refractivity contribution in [2.24, 2.45) is 11.8 Å². The van der Waals surface area contributed by atoms with Gasteiger partial charge in [0.15, 0.2) is 5.13 Å². The summed E-state index contributed by atoms with van der Waals surface area (Å²) in [6.07, 6.45) is 3.86. The number of nitrogens with zero attached hydrogens (tertiary/aromatic N) is 1. The monoisotopic (exact) mass is 244 g/mol. The first kappa shape index (κ1) is 11.2. The van der Waals surface area contributed by atoms with Crippen molar-refractivity contribution in [3.63, 3.8) is 0 Å². The summed E-state index contributed by atoms with van der Waals surface area (Å²) in [7, 11) is 0. The van der Waals surface area contributed by atoms with E-state index in [9.17, 15) is 0 Å². The first-order valence-corrected chi connectivity index (χ1v) is 6.77. The number of anilines is 1. The van der Waals surface area contributed by atoms with Crippen LogP contribution in [0.1, 0.15) is 33.1 Å². The summed E-state index contributed by atoms with van der Waals surface area (Å²) >= 11 is 7.39. The number of hydrogen-bond donors (Lipinski definition) is 1. The Labute approximate surface area is 100 Å². The van der Waals surface area contributed by atoms with Gasteiger partial charge in [-0.2, -0.15) is 0 Å². The van der Waals surface area contributed by atoms with E-state index in [1.807, 2.05) is 5.38 Å². The Morgan fingerprint density at radius 2 is 2.00 bits per heavy atom. The molecule has 2 atom stereocenters. The van der Waals surface area contributed by atoms with Crippen molar-refractivity contribution in [3.05, 3.63) is 10.5 Å². The third kappa shape index (κ3) is 3.08. The van der Waals surface area contributed by atoms with Crippen LogP contribution in [0.3, 0.4) is 0 Å². The van der Waals surface area contributed by atoms with Crippen LogP contribution in [0.2, 0.25) is 5.15 Å². The molecule has 1 aliphatic rings. The predicted molar refractivity (Wildman–Crippen MR) is 66.7 cm³/mol. The maximum Gasteiger partial charge on any atom is 0.184 e. The lowest BCUT2D eigenvalue weighted by molar-refractivity contribution is 0.281. The summed E-state index contributed by atoms with van der Waals surface area (Å²) in [6.45, 7) is 4.67. The van der Waals surface area contributed by atoms with Crippen LogP contribution in [0, 0.1) is 11.8 Å². The molecule has 0 saturated heterocycles. The second-order valence-corrected chi connectivity index (χ2v) is 5.98. The van der Waals surface area contributed by atoms with E-state index in [2.05, 4.69) is 24.1 Å². The van der Waals surface area contributed by atoms with E-state index in [0.717, 1.165) is 17.0 Å². The van der Waals surface area contributed by atoms with E-state index in [0.29, 0.717) is 11.2 Å². The minimum absolute atomic E-state index is 0.575. The maximum atomic E-state index is 5.79. The van der Waals surface area contributed by atoms with E-state index < -0.39 is 0 Å². The zero-order valence-corrected chi connectivity index (χ0v) is 10.7. The highest BCUT2D eigenvalue weighted by atomic mass is 35.5. The summed E-state index contributed by atoms with van der Waals surface area (Å²) < 4.78 is 0. The summed E-state index contributed by atoms with van der Waals surface area (Å²) in [4.78, 5) is 4.23. The first-order valence-electron chi connectivity index (χ1n) is 5.51. The number of nitrogens with one attached hydrogen (secondary N) is 1. The number of rotatable bonds is 2. The Morgan fingerprint density at radius 3 is 2.53 bits per heavy atom. The van der Waals surface area contributed by atoms with Crippen LogP contribution in [0.25, 0.3) is 0 Å². The topological polar surface area (TPSA) is 24.9 Å². The Morgan fingerprint density at radius 1 is 1.33 bits per heavy atom. The van der Waals surface area contributed by atoms with Gasteiger partial charge in [0.05, 0.1) is 0 Å². The van der Waals surface area contributed by atoms with Crippen LogP contribution < -0.4 is 5.32 Å². The smallest absolute Gasteiger partial charge is 0.184 e. The van der Waals surface area contributed by atoms with Crippen molar-refractivity contribution >= 4 is 28.1 Å². The van der Waals surface area contributed by atoms with Crippen molar-refractivity contribution < 1.29 is 0 Å². The second-order valence-electron chi connectivity index (χ2n) is 4.73. The van der Waals surface area contributed by atoms with Crippen molar-refractivity contribution in [3.8, 4) is 0 Å². The molecule has 0 radical (unpaired) electrons. The SMILES string of the molecule is CC1CC(C)CC(Nc2nc(Cl)cs2)C1. The molecule has 2 unspecified atom stereocenters. The molecule has 1 N–H and O–H groups in total. The van der Waals surface area contributed by atoms with Crippen molar-refractivity contribution in [1.29, 1.82) is 0 Å². The first-order chi connectivity index (χ1) is 7.13. The molecule has 15 heavy (non-hydrogen) atoms. The Bertz CT molecular complexity index is 316. The average Bonchev–Trinajstić information content (AvgIpc) is 2.49. The highest BCUT2D eigenvalue weighted by molar-refractivity contribution is 7.14. The normalized spacial score (nSPS) is 31.5. The standard InChI is InChI=1S/C11H17ClN2S/c1-7-3-8(2)5-9(4-7)13-11-14-10(12)6-15-11/h6-9H,3-5H2,1-2H3,(H,13,14). The summed E-state index contributed by atoms with van der Waals surface area (Å²) in [5.41, 5.74) is 0. The molecule has 0 amide bonds. The Kier molecular flexibility index (Phi) is 3.52. The average molecular weight is 245 g/mol. The van der Waals surface area contributed by atoms with Gasteiger partial charge < -0.3 is 5.32 Å². The molecule has 0 bridgehead atoms. The molecular weight excluding hydrogens is 228 g/mol. The minimum Gasteiger partial charge on any atom is -0.359 e. The molecule has 4 heteroatoms. The van der Waals surface area contributed by atoms with Gasteiger partial charge in [-0.3, -0.25) is 0 Å². The molecule has 1 heterocycles. The predicted octanol–water partition coefficient (Wildman–Crippen LogP) is 4.03. The molecule has 84 valence electrons. The molecule has 2 nitrogen and oxygen atoms in total. The molecule has 1 aromatic rings. The Balaban J connectivity index is 1.94. The summed E-state index contributed by atoms with van der Waals surface area (Å²) in [5, 5.41) is 6.92. The fraction of sp³-hybridized carbons (Fsp3) is 0.727. The van der Waals surface area contributed by atoms with Gasteiger partial charge in [-0.05, 0) is 31.1 Å². The van der Waals surface area contributed by atoms with Crippen LogP contribution in [0.4, 0.5) is 5.13 Å². The lowest BCUT2D eigenvalue weighted by Gasteiger charge is -2.31. The minimum atomic E-state index is 0.575. The lowest BCUT2D eigenvalue weighted by atomic mass is 9.80. The number of aromatic nitrogens is 1. The highest BCUT2D eigenvalue weighted by Gasteiger charge is 2.24. The van der Waals surface area contributed by atoms with E-state index in [4.69, 9.17) is 11.6 Å². The van der Waals surface area contributed by atoms with Gasteiger partial charge in [0.25, 0.3) is 0 Å². The molecule has 0 spiro atoms. The molecule has 0 aliphatic heterocycles. The Hall–Kier alpha value is -0.280. The van der Waals surface area contributed by atoms with E-state index in [1.54, 1.807) is 11.3 Å². The van der Waals surface area contributed by atoms with Crippen molar-refractivity contribution in [2.75, 3.05) is 5.32 Å².